The van der Waals surface area contributed by atoms with Crippen LogP contribution in [0.2, 0.25) is 5.02 Å². The summed E-state index contributed by atoms with van der Waals surface area (Å²) in [7, 11) is 0. The third-order valence-corrected chi connectivity index (χ3v) is 4.12. The highest BCUT2D eigenvalue weighted by atomic mass is 35.5. The van der Waals surface area contributed by atoms with Crippen LogP contribution in [0.5, 0.6) is 0 Å². The van der Waals surface area contributed by atoms with Crippen LogP contribution in [-0.2, 0) is 0 Å². The number of halogens is 1. The Morgan fingerprint density at radius 1 is 1.50 bits per heavy atom. The third kappa shape index (κ3) is 2.99. The van der Waals surface area contributed by atoms with Gasteiger partial charge < -0.3 is 10.6 Å². The van der Waals surface area contributed by atoms with Crippen LogP contribution in [0.3, 0.4) is 0 Å². The van der Waals surface area contributed by atoms with E-state index in [1.54, 1.807) is 0 Å². The van der Waals surface area contributed by atoms with Gasteiger partial charge in [-0.2, -0.15) is 0 Å². The molecule has 1 heterocycles. The number of nitrogens with two attached hydrogens (primary N) is 1. The van der Waals surface area contributed by atoms with Crippen molar-refractivity contribution in [3.05, 3.63) is 28.8 Å². The minimum absolute atomic E-state index is 0.0444. The van der Waals surface area contributed by atoms with Gasteiger partial charge in [0.1, 0.15) is 0 Å². The minimum Gasteiger partial charge on any atom is -0.370 e. The van der Waals surface area contributed by atoms with E-state index in [1.165, 1.54) is 24.9 Å². The molecule has 0 bridgehead atoms. The molecule has 1 aliphatic rings. The first-order valence-corrected chi connectivity index (χ1v) is 7.29. The molecule has 2 atom stereocenters. The summed E-state index contributed by atoms with van der Waals surface area (Å²) in [5.41, 5.74) is 8.15. The van der Waals surface area contributed by atoms with Crippen molar-refractivity contribution in [3.63, 3.8) is 0 Å². The van der Waals surface area contributed by atoms with Crippen LogP contribution in [0.15, 0.2) is 18.2 Å². The van der Waals surface area contributed by atoms with Gasteiger partial charge in [-0.15, -0.1) is 0 Å². The SMILES string of the molecule is CCCC1CCN(c2ccc(C(C)N)cc2Cl)C1. The Balaban J connectivity index is 2.10. The number of anilines is 1. The first-order valence-electron chi connectivity index (χ1n) is 6.91. The Labute approximate surface area is 115 Å². The van der Waals surface area contributed by atoms with E-state index in [1.807, 2.05) is 13.0 Å². The molecule has 18 heavy (non-hydrogen) atoms. The van der Waals surface area contributed by atoms with Crippen molar-refractivity contribution in [3.8, 4) is 0 Å². The van der Waals surface area contributed by atoms with Gasteiger partial charge in [-0.25, -0.2) is 0 Å². The average molecular weight is 267 g/mol. The number of nitrogens with zero attached hydrogens (tertiary/aromatic N) is 1. The first-order chi connectivity index (χ1) is 8.61. The van der Waals surface area contributed by atoms with Gasteiger partial charge in [0.05, 0.1) is 10.7 Å². The largest absolute Gasteiger partial charge is 0.370 e. The number of benzene rings is 1. The highest BCUT2D eigenvalue weighted by Gasteiger charge is 2.23. The normalized spacial score (nSPS) is 21.3. The van der Waals surface area contributed by atoms with Gasteiger partial charge in [-0.05, 0) is 43.4 Å². The molecule has 3 heteroatoms. The van der Waals surface area contributed by atoms with Gasteiger partial charge in [0.2, 0.25) is 0 Å². The molecule has 1 saturated heterocycles. The van der Waals surface area contributed by atoms with E-state index in [0.717, 1.165) is 29.6 Å². The molecule has 0 aromatic heterocycles. The van der Waals surface area contributed by atoms with Crippen molar-refractivity contribution < 1.29 is 0 Å². The quantitative estimate of drug-likeness (QED) is 0.893. The molecule has 0 spiro atoms. The van der Waals surface area contributed by atoms with E-state index in [9.17, 15) is 0 Å². The van der Waals surface area contributed by atoms with Gasteiger partial charge in [0.15, 0.2) is 0 Å². The second-order valence-electron chi connectivity index (χ2n) is 5.39. The standard InChI is InChI=1S/C15H23ClN2/c1-3-4-12-7-8-18(10-12)15-6-5-13(11(2)17)9-14(15)16/h5-6,9,11-12H,3-4,7-8,10,17H2,1-2H3. The fourth-order valence-electron chi connectivity index (χ4n) is 2.76. The first kappa shape index (κ1) is 13.7. The summed E-state index contributed by atoms with van der Waals surface area (Å²) in [5.74, 6) is 0.833. The van der Waals surface area contributed by atoms with E-state index >= 15 is 0 Å². The minimum atomic E-state index is 0.0444. The predicted octanol–water partition coefficient (Wildman–Crippen LogP) is 3.99. The molecular formula is C15H23ClN2. The lowest BCUT2D eigenvalue weighted by molar-refractivity contribution is 0.530. The molecule has 0 saturated carbocycles. The second-order valence-corrected chi connectivity index (χ2v) is 5.80. The number of rotatable bonds is 4. The Morgan fingerprint density at radius 3 is 2.89 bits per heavy atom. The molecule has 2 unspecified atom stereocenters. The second kappa shape index (κ2) is 5.94. The fourth-order valence-corrected chi connectivity index (χ4v) is 3.07. The van der Waals surface area contributed by atoms with Crippen molar-refractivity contribution in [1.29, 1.82) is 0 Å². The molecule has 0 aliphatic carbocycles. The summed E-state index contributed by atoms with van der Waals surface area (Å²) in [6, 6.07) is 6.27. The Bertz CT molecular complexity index is 403. The van der Waals surface area contributed by atoms with Crippen LogP contribution in [0, 0.1) is 5.92 Å². The van der Waals surface area contributed by atoms with Crippen molar-refractivity contribution in [2.75, 3.05) is 18.0 Å². The van der Waals surface area contributed by atoms with Crippen LogP contribution < -0.4 is 10.6 Å². The summed E-state index contributed by atoms with van der Waals surface area (Å²) in [5, 5.41) is 0.835. The molecule has 2 N–H and O–H groups in total. The lowest BCUT2D eigenvalue weighted by Gasteiger charge is -2.21. The molecular weight excluding hydrogens is 244 g/mol. The average Bonchev–Trinajstić information content (AvgIpc) is 2.77. The molecule has 1 aliphatic heterocycles. The fraction of sp³-hybridized carbons (Fsp3) is 0.600. The maximum Gasteiger partial charge on any atom is 0.0642 e. The van der Waals surface area contributed by atoms with E-state index in [-0.39, 0.29) is 6.04 Å². The molecule has 1 fully saturated rings. The molecule has 0 amide bonds. The maximum absolute atomic E-state index is 6.38. The molecule has 0 radical (unpaired) electrons. The smallest absolute Gasteiger partial charge is 0.0642 e. The highest BCUT2D eigenvalue weighted by Crippen LogP contribution is 2.33. The van der Waals surface area contributed by atoms with Gasteiger partial charge in [0.25, 0.3) is 0 Å². The van der Waals surface area contributed by atoms with Crippen LogP contribution in [-0.4, -0.2) is 13.1 Å². The monoisotopic (exact) mass is 266 g/mol. The van der Waals surface area contributed by atoms with Crippen LogP contribution in [0.4, 0.5) is 5.69 Å². The van der Waals surface area contributed by atoms with Crippen LogP contribution in [0.25, 0.3) is 0 Å². The molecule has 100 valence electrons. The van der Waals surface area contributed by atoms with Gasteiger partial charge >= 0.3 is 0 Å². The Kier molecular flexibility index (Phi) is 4.52. The molecule has 1 aromatic carbocycles. The van der Waals surface area contributed by atoms with Crippen molar-refractivity contribution >= 4 is 17.3 Å². The molecule has 2 rings (SSSR count). The summed E-state index contributed by atoms with van der Waals surface area (Å²) in [6.45, 7) is 6.51. The van der Waals surface area contributed by atoms with E-state index in [4.69, 9.17) is 17.3 Å². The topological polar surface area (TPSA) is 29.3 Å². The molecule has 1 aromatic rings. The van der Waals surface area contributed by atoms with Gasteiger partial charge in [-0.1, -0.05) is 31.0 Å². The van der Waals surface area contributed by atoms with E-state index in [0.29, 0.717) is 0 Å². The lowest BCUT2D eigenvalue weighted by Crippen LogP contribution is -2.20. The Hall–Kier alpha value is -0.730. The lowest BCUT2D eigenvalue weighted by atomic mass is 10.0. The Morgan fingerprint density at radius 2 is 2.28 bits per heavy atom. The number of hydrogen-bond acceptors (Lipinski definition) is 2. The summed E-state index contributed by atoms with van der Waals surface area (Å²) >= 11 is 6.38. The van der Waals surface area contributed by atoms with E-state index in [2.05, 4.69) is 24.0 Å². The summed E-state index contributed by atoms with van der Waals surface area (Å²) < 4.78 is 0. The van der Waals surface area contributed by atoms with E-state index < -0.39 is 0 Å². The van der Waals surface area contributed by atoms with Crippen LogP contribution >= 0.6 is 11.6 Å². The van der Waals surface area contributed by atoms with Crippen molar-refractivity contribution in [2.24, 2.45) is 11.7 Å². The predicted molar refractivity (Wildman–Crippen MR) is 79.3 cm³/mol. The zero-order valence-corrected chi connectivity index (χ0v) is 12.1. The van der Waals surface area contributed by atoms with Gasteiger partial charge in [-0.3, -0.25) is 0 Å². The van der Waals surface area contributed by atoms with Crippen LogP contribution in [0.1, 0.15) is 44.7 Å². The van der Waals surface area contributed by atoms with Crippen molar-refractivity contribution in [2.45, 2.75) is 39.2 Å². The van der Waals surface area contributed by atoms with Crippen molar-refractivity contribution in [1.82, 2.24) is 0 Å². The molecule has 2 nitrogen and oxygen atoms in total. The maximum atomic E-state index is 6.38. The zero-order chi connectivity index (χ0) is 13.1. The number of hydrogen-bond donors (Lipinski definition) is 1. The van der Waals surface area contributed by atoms with Gasteiger partial charge in [0, 0.05) is 19.1 Å². The third-order valence-electron chi connectivity index (χ3n) is 3.82. The highest BCUT2D eigenvalue weighted by molar-refractivity contribution is 6.33. The summed E-state index contributed by atoms with van der Waals surface area (Å²) in [4.78, 5) is 2.41. The zero-order valence-electron chi connectivity index (χ0n) is 11.3. The summed E-state index contributed by atoms with van der Waals surface area (Å²) in [6.07, 6.45) is 3.89.